The molecule has 0 aliphatic carbocycles. The lowest BCUT2D eigenvalue weighted by atomic mass is 9.77. The van der Waals surface area contributed by atoms with E-state index < -0.39 is 36.4 Å². The van der Waals surface area contributed by atoms with Crippen LogP contribution in [-0.4, -0.2) is 106 Å². The summed E-state index contributed by atoms with van der Waals surface area (Å²) in [6.45, 7) is 10.4. The molecule has 1 spiro atoms. The fourth-order valence-electron chi connectivity index (χ4n) is 4.61. The van der Waals surface area contributed by atoms with Gasteiger partial charge in [-0.05, 0) is 43.8 Å². The first-order valence-electron chi connectivity index (χ1n) is 13.5. The van der Waals surface area contributed by atoms with Crippen LogP contribution in [-0.2, 0) is 32.3 Å². The SMILES string of the molecule is CCN1C[C@@H](COCc2ccccn2)[C@]2(CCN(Cc3ccco3)C2)C1.O=C(O)C(F)(F)F.O=C(O)C(F)(F)F.O=C(O)C(F)(F)F. The number of nitrogens with zero attached hydrogens (tertiary/aromatic N) is 3. The summed E-state index contributed by atoms with van der Waals surface area (Å²) in [4.78, 5) is 36.2. The van der Waals surface area contributed by atoms with Crippen LogP contribution in [0.4, 0.5) is 39.5 Å². The Morgan fingerprint density at radius 3 is 1.85 bits per heavy atom. The van der Waals surface area contributed by atoms with Gasteiger partial charge in [0.05, 0.1) is 31.7 Å². The molecule has 2 aliphatic heterocycles. The molecule has 11 nitrogen and oxygen atoms in total. The van der Waals surface area contributed by atoms with Crippen molar-refractivity contribution in [3.63, 3.8) is 0 Å². The molecule has 20 heteroatoms. The fourth-order valence-corrected chi connectivity index (χ4v) is 4.61. The van der Waals surface area contributed by atoms with Gasteiger partial charge in [-0.15, -0.1) is 0 Å². The monoisotopic (exact) mass is 697 g/mol. The topological polar surface area (TPSA) is 154 Å². The highest BCUT2D eigenvalue weighted by Crippen LogP contribution is 2.44. The molecule has 2 aromatic rings. The van der Waals surface area contributed by atoms with E-state index in [1.165, 1.54) is 13.0 Å². The minimum atomic E-state index is -5.08. The standard InChI is InChI=1S/C21H29N3O2.3C2HF3O2/c1-2-23-12-18(14-25-15-19-6-3-4-9-22-19)21(16-23)8-10-24(17-21)13-20-7-5-11-26-20;3*3-2(4,5)1(6)7/h3-7,9,11,18H,2,8,10,12-17H2,1H3;3*(H,6,7)/t18-,21+;;;/m0.../s1. The molecule has 2 aromatic heterocycles. The van der Waals surface area contributed by atoms with E-state index in [1.807, 2.05) is 30.5 Å². The number of likely N-dealkylation sites (tertiary alicyclic amines) is 2. The van der Waals surface area contributed by atoms with Crippen molar-refractivity contribution in [2.75, 3.05) is 39.3 Å². The summed E-state index contributed by atoms with van der Waals surface area (Å²) in [5.74, 6) is -6.62. The van der Waals surface area contributed by atoms with Gasteiger partial charge in [-0.3, -0.25) is 9.88 Å². The lowest BCUT2D eigenvalue weighted by Crippen LogP contribution is -2.36. The zero-order valence-electron chi connectivity index (χ0n) is 24.6. The third-order valence-electron chi connectivity index (χ3n) is 6.78. The summed E-state index contributed by atoms with van der Waals surface area (Å²) >= 11 is 0. The molecule has 0 unspecified atom stereocenters. The summed E-state index contributed by atoms with van der Waals surface area (Å²) in [6.07, 6.45) is -10.4. The molecule has 4 rings (SSSR count). The number of carbonyl (C=O) groups is 3. The molecular formula is C27H32F9N3O8. The predicted molar refractivity (Wildman–Crippen MR) is 142 cm³/mol. The molecule has 0 saturated carbocycles. The Morgan fingerprint density at radius 2 is 1.43 bits per heavy atom. The van der Waals surface area contributed by atoms with Gasteiger partial charge in [-0.1, -0.05) is 13.0 Å². The molecule has 2 fully saturated rings. The summed E-state index contributed by atoms with van der Waals surface area (Å²) < 4.78 is 107. The van der Waals surface area contributed by atoms with Gasteiger partial charge in [-0.2, -0.15) is 39.5 Å². The van der Waals surface area contributed by atoms with Crippen LogP contribution < -0.4 is 0 Å². The van der Waals surface area contributed by atoms with Gasteiger partial charge >= 0.3 is 36.4 Å². The van der Waals surface area contributed by atoms with E-state index in [-0.39, 0.29) is 0 Å². The first kappa shape index (κ1) is 41.1. The maximum Gasteiger partial charge on any atom is 0.490 e. The zero-order valence-corrected chi connectivity index (χ0v) is 24.6. The number of alkyl halides is 9. The van der Waals surface area contributed by atoms with Crippen molar-refractivity contribution in [2.45, 2.75) is 45.0 Å². The Morgan fingerprint density at radius 1 is 0.894 bits per heavy atom. The second-order valence-electron chi connectivity index (χ2n) is 10.2. The summed E-state index contributed by atoms with van der Waals surface area (Å²) in [7, 11) is 0. The Balaban J connectivity index is 0.000000430. The van der Waals surface area contributed by atoms with E-state index in [9.17, 15) is 39.5 Å². The Hall–Kier alpha value is -3.91. The molecule has 4 heterocycles. The van der Waals surface area contributed by atoms with Crippen molar-refractivity contribution in [1.29, 1.82) is 0 Å². The van der Waals surface area contributed by atoms with E-state index in [2.05, 4.69) is 27.8 Å². The number of ether oxygens (including phenoxy) is 1. The molecule has 0 bridgehead atoms. The molecule has 0 radical (unpaired) electrons. The van der Waals surface area contributed by atoms with Gasteiger partial charge < -0.3 is 29.4 Å². The van der Waals surface area contributed by atoms with Crippen LogP contribution in [0.1, 0.15) is 24.8 Å². The predicted octanol–water partition coefficient (Wildman–Crippen LogP) is 4.94. The van der Waals surface area contributed by atoms with Crippen LogP contribution >= 0.6 is 0 Å². The number of aromatic nitrogens is 1. The normalized spacial score (nSPS) is 19.9. The highest BCUT2D eigenvalue weighted by Gasteiger charge is 2.50. The number of aliphatic carboxylic acids is 3. The third-order valence-corrected chi connectivity index (χ3v) is 6.78. The number of hydrogen-bond donors (Lipinski definition) is 3. The molecule has 0 amide bonds. The Bertz CT molecular complexity index is 1190. The van der Waals surface area contributed by atoms with Crippen LogP contribution in [0.15, 0.2) is 47.2 Å². The van der Waals surface area contributed by atoms with Gasteiger partial charge in [0.15, 0.2) is 0 Å². The van der Waals surface area contributed by atoms with E-state index in [0.29, 0.717) is 17.9 Å². The van der Waals surface area contributed by atoms with Gasteiger partial charge in [0.2, 0.25) is 0 Å². The quantitative estimate of drug-likeness (QED) is 0.338. The van der Waals surface area contributed by atoms with Crippen molar-refractivity contribution < 1.29 is 78.4 Å². The largest absolute Gasteiger partial charge is 0.490 e. The third kappa shape index (κ3) is 15.0. The molecular weight excluding hydrogens is 665 g/mol. The van der Waals surface area contributed by atoms with Crippen LogP contribution in [0, 0.1) is 11.3 Å². The van der Waals surface area contributed by atoms with Crippen molar-refractivity contribution in [1.82, 2.24) is 14.8 Å². The Labute approximate surface area is 261 Å². The van der Waals surface area contributed by atoms with Crippen molar-refractivity contribution >= 4 is 17.9 Å². The smallest absolute Gasteiger partial charge is 0.475 e. The van der Waals surface area contributed by atoms with Crippen LogP contribution in [0.25, 0.3) is 0 Å². The number of pyridine rings is 1. The zero-order chi connectivity index (χ0) is 36.1. The minimum absolute atomic E-state index is 0.354. The number of furan rings is 1. The Kier molecular flexibility index (Phi) is 15.6. The molecule has 266 valence electrons. The number of rotatable bonds is 7. The van der Waals surface area contributed by atoms with Crippen molar-refractivity contribution in [3.8, 4) is 0 Å². The first-order chi connectivity index (χ1) is 21.6. The average Bonchev–Trinajstić information content (AvgIpc) is 3.70. The molecule has 2 aliphatic rings. The molecule has 2 atom stereocenters. The van der Waals surface area contributed by atoms with Gasteiger partial charge in [0.1, 0.15) is 5.76 Å². The lowest BCUT2D eigenvalue weighted by Gasteiger charge is -2.30. The lowest BCUT2D eigenvalue weighted by molar-refractivity contribution is -0.193. The molecule has 3 N–H and O–H groups in total. The highest BCUT2D eigenvalue weighted by atomic mass is 19.4. The first-order valence-corrected chi connectivity index (χ1v) is 13.5. The molecule has 47 heavy (non-hydrogen) atoms. The van der Waals surface area contributed by atoms with Gasteiger partial charge in [0, 0.05) is 37.2 Å². The summed E-state index contributed by atoms with van der Waals surface area (Å²) in [5, 5.41) is 21.4. The summed E-state index contributed by atoms with van der Waals surface area (Å²) in [6, 6.07) is 10.0. The van der Waals surface area contributed by atoms with Crippen molar-refractivity contribution in [3.05, 3.63) is 54.2 Å². The number of hydrogen-bond acceptors (Lipinski definition) is 8. The average molecular weight is 698 g/mol. The molecule has 0 aromatic carbocycles. The fraction of sp³-hybridized carbons (Fsp3) is 0.556. The number of halogens is 9. The van der Waals surface area contributed by atoms with Crippen molar-refractivity contribution in [2.24, 2.45) is 11.3 Å². The van der Waals surface area contributed by atoms with Gasteiger partial charge in [-0.25, -0.2) is 14.4 Å². The van der Waals surface area contributed by atoms with Crippen LogP contribution in [0.2, 0.25) is 0 Å². The van der Waals surface area contributed by atoms with E-state index in [0.717, 1.165) is 50.8 Å². The maximum absolute atomic E-state index is 10.6. The minimum Gasteiger partial charge on any atom is -0.475 e. The number of carboxylic acid groups (broad SMARTS) is 3. The van der Waals surface area contributed by atoms with Crippen LogP contribution in [0.3, 0.4) is 0 Å². The van der Waals surface area contributed by atoms with E-state index in [4.69, 9.17) is 38.9 Å². The number of carboxylic acids is 3. The second kappa shape index (κ2) is 17.9. The maximum atomic E-state index is 10.6. The van der Waals surface area contributed by atoms with E-state index >= 15 is 0 Å². The highest BCUT2D eigenvalue weighted by molar-refractivity contribution is 5.73. The second-order valence-corrected chi connectivity index (χ2v) is 10.2. The molecule has 2 saturated heterocycles. The van der Waals surface area contributed by atoms with Gasteiger partial charge in [0.25, 0.3) is 0 Å². The summed E-state index contributed by atoms with van der Waals surface area (Å²) in [5.41, 5.74) is 1.37. The van der Waals surface area contributed by atoms with E-state index in [1.54, 1.807) is 6.26 Å². The van der Waals surface area contributed by atoms with Crippen LogP contribution in [0.5, 0.6) is 0 Å².